The zero-order chi connectivity index (χ0) is 11.4. The van der Waals surface area contributed by atoms with Gasteiger partial charge in [0.25, 0.3) is 0 Å². The normalized spacial score (nSPS) is 10.4. The van der Waals surface area contributed by atoms with Crippen LogP contribution in [0.1, 0.15) is 18.9 Å². The first-order valence-electron chi connectivity index (χ1n) is 5.50. The van der Waals surface area contributed by atoms with E-state index in [9.17, 15) is 0 Å². The van der Waals surface area contributed by atoms with E-state index >= 15 is 0 Å². The maximum absolute atomic E-state index is 4.13. The molecule has 0 bridgehead atoms. The van der Waals surface area contributed by atoms with Crippen LogP contribution in [0.2, 0.25) is 0 Å². The molecule has 0 radical (unpaired) electrons. The van der Waals surface area contributed by atoms with E-state index < -0.39 is 0 Å². The Morgan fingerprint density at radius 1 is 1.06 bits per heavy atom. The van der Waals surface area contributed by atoms with E-state index in [1.165, 1.54) is 23.1 Å². The lowest BCUT2D eigenvalue weighted by Gasteiger charge is -2.03. The van der Waals surface area contributed by atoms with E-state index in [0.717, 1.165) is 11.0 Å². The van der Waals surface area contributed by atoms with Gasteiger partial charge in [-0.15, -0.1) is 0 Å². The van der Waals surface area contributed by atoms with E-state index in [4.69, 9.17) is 0 Å². The van der Waals surface area contributed by atoms with Crippen molar-refractivity contribution in [3.05, 3.63) is 52.8 Å². The van der Waals surface area contributed by atoms with Gasteiger partial charge >= 0.3 is 0 Å². The average molecular weight is 276 g/mol. The highest BCUT2D eigenvalue weighted by Gasteiger charge is 1.99. The Balaban J connectivity index is 2.27. The summed E-state index contributed by atoms with van der Waals surface area (Å²) in [5.74, 6) is 0. The van der Waals surface area contributed by atoms with E-state index in [0.29, 0.717) is 0 Å². The van der Waals surface area contributed by atoms with Crippen LogP contribution in [0.3, 0.4) is 0 Å². The monoisotopic (exact) mass is 275 g/mol. The minimum Gasteiger partial charge on any atom is -0.249 e. The molecule has 2 rings (SSSR count). The van der Waals surface area contributed by atoms with Crippen LogP contribution in [0.15, 0.2) is 47.2 Å². The number of hydrogen-bond donors (Lipinski definition) is 0. The fourth-order valence-corrected chi connectivity index (χ4v) is 2.10. The zero-order valence-corrected chi connectivity index (χ0v) is 10.9. The Bertz CT molecular complexity index is 462. The van der Waals surface area contributed by atoms with Gasteiger partial charge in [-0.3, -0.25) is 0 Å². The van der Waals surface area contributed by atoms with Gasteiger partial charge in [-0.2, -0.15) is 0 Å². The maximum atomic E-state index is 4.13. The molecule has 0 spiro atoms. The Morgan fingerprint density at radius 2 is 1.81 bits per heavy atom. The molecule has 0 saturated heterocycles. The van der Waals surface area contributed by atoms with Crippen molar-refractivity contribution in [2.75, 3.05) is 0 Å². The molecule has 1 aromatic heterocycles. The number of aryl methyl sites for hydroxylation is 1. The summed E-state index contributed by atoms with van der Waals surface area (Å²) in [5.41, 5.74) is 3.84. The van der Waals surface area contributed by atoms with Crippen molar-refractivity contribution in [3.63, 3.8) is 0 Å². The molecule has 0 fully saturated rings. The lowest BCUT2D eigenvalue weighted by Crippen LogP contribution is -1.84. The number of halogens is 1. The maximum Gasteiger partial charge on any atom is 0.106 e. The Morgan fingerprint density at radius 3 is 2.44 bits per heavy atom. The van der Waals surface area contributed by atoms with Crippen molar-refractivity contribution in [2.45, 2.75) is 19.8 Å². The fourth-order valence-electron chi connectivity index (χ4n) is 1.73. The molecule has 82 valence electrons. The van der Waals surface area contributed by atoms with Gasteiger partial charge in [0.2, 0.25) is 0 Å². The zero-order valence-electron chi connectivity index (χ0n) is 9.28. The summed E-state index contributed by atoms with van der Waals surface area (Å²) in [7, 11) is 0. The lowest BCUT2D eigenvalue weighted by molar-refractivity contribution is 0.922. The predicted molar refractivity (Wildman–Crippen MR) is 71.4 cm³/mol. The van der Waals surface area contributed by atoms with Crippen LogP contribution in [0.4, 0.5) is 0 Å². The molecule has 2 heteroatoms. The highest BCUT2D eigenvalue weighted by Crippen LogP contribution is 2.22. The molecule has 16 heavy (non-hydrogen) atoms. The van der Waals surface area contributed by atoms with Gasteiger partial charge in [0.15, 0.2) is 0 Å². The van der Waals surface area contributed by atoms with E-state index in [1.807, 2.05) is 18.3 Å². The van der Waals surface area contributed by atoms with Crippen molar-refractivity contribution >= 4 is 15.9 Å². The SMILES string of the molecule is CCCc1ccc(-c2ccnc(Br)c2)cc1. The summed E-state index contributed by atoms with van der Waals surface area (Å²) in [6, 6.07) is 12.8. The van der Waals surface area contributed by atoms with Gasteiger partial charge in [-0.05, 0) is 51.2 Å². The number of hydrogen-bond acceptors (Lipinski definition) is 1. The second-order valence-electron chi connectivity index (χ2n) is 3.81. The van der Waals surface area contributed by atoms with Gasteiger partial charge < -0.3 is 0 Å². The van der Waals surface area contributed by atoms with Crippen LogP contribution in [0.5, 0.6) is 0 Å². The topological polar surface area (TPSA) is 12.9 Å². The molecule has 0 amide bonds. The third-order valence-corrected chi connectivity index (χ3v) is 2.99. The first kappa shape index (κ1) is 11.3. The molecule has 0 saturated carbocycles. The first-order valence-corrected chi connectivity index (χ1v) is 6.30. The molecule has 0 aliphatic heterocycles. The molecule has 0 N–H and O–H groups in total. The lowest BCUT2D eigenvalue weighted by atomic mass is 10.0. The van der Waals surface area contributed by atoms with Crippen molar-refractivity contribution in [3.8, 4) is 11.1 Å². The molecular weight excluding hydrogens is 262 g/mol. The number of rotatable bonds is 3. The van der Waals surface area contributed by atoms with Crippen molar-refractivity contribution in [1.29, 1.82) is 0 Å². The third-order valence-electron chi connectivity index (χ3n) is 2.55. The molecule has 1 heterocycles. The Kier molecular flexibility index (Phi) is 3.73. The highest BCUT2D eigenvalue weighted by molar-refractivity contribution is 9.10. The number of nitrogens with zero attached hydrogens (tertiary/aromatic N) is 1. The van der Waals surface area contributed by atoms with Crippen molar-refractivity contribution in [1.82, 2.24) is 4.98 Å². The van der Waals surface area contributed by atoms with Crippen LogP contribution in [-0.4, -0.2) is 4.98 Å². The summed E-state index contributed by atoms with van der Waals surface area (Å²) in [6.07, 6.45) is 4.17. The summed E-state index contributed by atoms with van der Waals surface area (Å²) in [5, 5.41) is 0. The summed E-state index contributed by atoms with van der Waals surface area (Å²) in [6.45, 7) is 2.20. The van der Waals surface area contributed by atoms with E-state index in [1.54, 1.807) is 0 Å². The highest BCUT2D eigenvalue weighted by atomic mass is 79.9. The Hall–Kier alpha value is -1.15. The number of pyridine rings is 1. The number of aromatic nitrogens is 1. The van der Waals surface area contributed by atoms with Crippen LogP contribution >= 0.6 is 15.9 Å². The van der Waals surface area contributed by atoms with Crippen LogP contribution < -0.4 is 0 Å². The smallest absolute Gasteiger partial charge is 0.106 e. The summed E-state index contributed by atoms with van der Waals surface area (Å²) < 4.78 is 0.877. The first-order chi connectivity index (χ1) is 7.79. The third kappa shape index (κ3) is 2.70. The number of benzene rings is 1. The van der Waals surface area contributed by atoms with Gasteiger partial charge in [0.05, 0.1) is 0 Å². The minimum absolute atomic E-state index is 0.877. The second-order valence-corrected chi connectivity index (χ2v) is 4.63. The standard InChI is InChI=1S/C14H14BrN/c1-2-3-11-4-6-12(7-5-11)13-8-9-16-14(15)10-13/h4-10H,2-3H2,1H3. The quantitative estimate of drug-likeness (QED) is 0.754. The molecule has 0 aliphatic carbocycles. The van der Waals surface area contributed by atoms with Gasteiger partial charge in [0, 0.05) is 6.20 Å². The Labute approximate surface area is 105 Å². The summed E-state index contributed by atoms with van der Waals surface area (Å²) in [4.78, 5) is 4.13. The van der Waals surface area contributed by atoms with Gasteiger partial charge in [-0.25, -0.2) is 4.98 Å². The molecule has 0 unspecified atom stereocenters. The van der Waals surface area contributed by atoms with E-state index in [-0.39, 0.29) is 0 Å². The molecule has 1 aromatic carbocycles. The molecule has 2 aromatic rings. The largest absolute Gasteiger partial charge is 0.249 e. The van der Waals surface area contributed by atoms with Gasteiger partial charge in [-0.1, -0.05) is 37.6 Å². The fraction of sp³-hybridized carbons (Fsp3) is 0.214. The minimum atomic E-state index is 0.877. The molecular formula is C14H14BrN. The van der Waals surface area contributed by atoms with Crippen LogP contribution in [0.25, 0.3) is 11.1 Å². The van der Waals surface area contributed by atoms with Crippen LogP contribution in [-0.2, 0) is 6.42 Å². The average Bonchev–Trinajstić information content (AvgIpc) is 2.30. The molecule has 0 atom stereocenters. The summed E-state index contributed by atoms with van der Waals surface area (Å²) >= 11 is 3.39. The second kappa shape index (κ2) is 5.26. The van der Waals surface area contributed by atoms with Crippen LogP contribution in [0, 0.1) is 0 Å². The predicted octanol–water partition coefficient (Wildman–Crippen LogP) is 4.46. The van der Waals surface area contributed by atoms with E-state index in [2.05, 4.69) is 52.1 Å². The molecule has 0 aliphatic rings. The van der Waals surface area contributed by atoms with Crippen molar-refractivity contribution < 1.29 is 0 Å². The van der Waals surface area contributed by atoms with Crippen molar-refractivity contribution in [2.24, 2.45) is 0 Å². The molecule has 1 nitrogen and oxygen atoms in total. The van der Waals surface area contributed by atoms with Gasteiger partial charge in [0.1, 0.15) is 4.60 Å².